The van der Waals surface area contributed by atoms with E-state index in [1.54, 1.807) is 0 Å². The van der Waals surface area contributed by atoms with Crippen molar-refractivity contribution in [2.75, 3.05) is 6.54 Å². The lowest BCUT2D eigenvalue weighted by Gasteiger charge is -2.05. The van der Waals surface area contributed by atoms with Crippen molar-refractivity contribution >= 4 is 0 Å². The first-order valence-corrected chi connectivity index (χ1v) is 6.55. The predicted octanol–water partition coefficient (Wildman–Crippen LogP) is 2.74. The standard InChI is InChI=1S/C15H21N3/c1-3-7-16-10-14-6-9-18(11-14)12-15-13(2)5-4-8-17-15/h4-6,8-9,11,16H,3,7,10,12H2,1-2H3. The van der Waals surface area contributed by atoms with Crippen LogP contribution >= 0.6 is 0 Å². The molecule has 0 amide bonds. The maximum absolute atomic E-state index is 4.42. The summed E-state index contributed by atoms with van der Waals surface area (Å²) in [6, 6.07) is 6.26. The summed E-state index contributed by atoms with van der Waals surface area (Å²) in [5.74, 6) is 0. The molecular weight excluding hydrogens is 222 g/mol. The number of nitrogens with zero attached hydrogens (tertiary/aromatic N) is 2. The third kappa shape index (κ3) is 3.44. The van der Waals surface area contributed by atoms with E-state index >= 15 is 0 Å². The normalized spacial score (nSPS) is 10.8. The molecule has 2 heterocycles. The summed E-state index contributed by atoms with van der Waals surface area (Å²) in [7, 11) is 0. The Balaban J connectivity index is 1.96. The Kier molecular flexibility index (Phi) is 4.53. The number of hydrogen-bond acceptors (Lipinski definition) is 2. The van der Waals surface area contributed by atoms with Crippen LogP contribution in [0.25, 0.3) is 0 Å². The molecule has 0 aliphatic carbocycles. The van der Waals surface area contributed by atoms with E-state index in [1.165, 1.54) is 17.5 Å². The summed E-state index contributed by atoms with van der Waals surface area (Å²) >= 11 is 0. The van der Waals surface area contributed by atoms with Gasteiger partial charge in [0.2, 0.25) is 0 Å². The Morgan fingerprint density at radius 3 is 3.00 bits per heavy atom. The van der Waals surface area contributed by atoms with Crippen LogP contribution in [0.4, 0.5) is 0 Å². The average Bonchev–Trinajstić information content (AvgIpc) is 2.80. The minimum Gasteiger partial charge on any atom is -0.348 e. The molecule has 0 radical (unpaired) electrons. The van der Waals surface area contributed by atoms with Crippen LogP contribution in [0.2, 0.25) is 0 Å². The van der Waals surface area contributed by atoms with Crippen LogP contribution in [0, 0.1) is 6.92 Å². The molecule has 1 N–H and O–H groups in total. The highest BCUT2D eigenvalue weighted by molar-refractivity contribution is 5.19. The van der Waals surface area contributed by atoms with Crippen molar-refractivity contribution in [1.82, 2.24) is 14.9 Å². The van der Waals surface area contributed by atoms with E-state index < -0.39 is 0 Å². The molecule has 0 saturated carbocycles. The van der Waals surface area contributed by atoms with Crippen molar-refractivity contribution in [2.24, 2.45) is 0 Å². The van der Waals surface area contributed by atoms with Crippen molar-refractivity contribution in [2.45, 2.75) is 33.4 Å². The molecule has 0 aromatic carbocycles. The highest BCUT2D eigenvalue weighted by Gasteiger charge is 2.01. The number of pyridine rings is 1. The number of rotatable bonds is 6. The lowest BCUT2D eigenvalue weighted by Crippen LogP contribution is -2.13. The van der Waals surface area contributed by atoms with Crippen LogP contribution in [-0.4, -0.2) is 16.1 Å². The summed E-state index contributed by atoms with van der Waals surface area (Å²) in [5, 5.41) is 3.41. The zero-order valence-corrected chi connectivity index (χ0v) is 11.2. The summed E-state index contributed by atoms with van der Waals surface area (Å²) in [4.78, 5) is 4.42. The number of aromatic nitrogens is 2. The van der Waals surface area contributed by atoms with Crippen molar-refractivity contribution in [3.63, 3.8) is 0 Å². The summed E-state index contributed by atoms with van der Waals surface area (Å²) in [5.41, 5.74) is 3.72. The van der Waals surface area contributed by atoms with E-state index in [-0.39, 0.29) is 0 Å². The van der Waals surface area contributed by atoms with Gasteiger partial charge < -0.3 is 9.88 Å². The molecule has 0 aliphatic rings. The van der Waals surface area contributed by atoms with Gasteiger partial charge in [0.25, 0.3) is 0 Å². The first-order chi connectivity index (χ1) is 8.79. The molecule has 0 fully saturated rings. The van der Waals surface area contributed by atoms with Gasteiger partial charge in [-0.2, -0.15) is 0 Å². The van der Waals surface area contributed by atoms with Gasteiger partial charge in [0.1, 0.15) is 0 Å². The van der Waals surface area contributed by atoms with E-state index in [1.807, 2.05) is 12.3 Å². The van der Waals surface area contributed by atoms with Crippen molar-refractivity contribution in [3.8, 4) is 0 Å². The average molecular weight is 243 g/mol. The van der Waals surface area contributed by atoms with Crippen molar-refractivity contribution in [1.29, 1.82) is 0 Å². The molecule has 3 heteroatoms. The number of aryl methyl sites for hydroxylation is 1. The van der Waals surface area contributed by atoms with Gasteiger partial charge >= 0.3 is 0 Å². The highest BCUT2D eigenvalue weighted by atomic mass is 15.0. The zero-order chi connectivity index (χ0) is 12.8. The molecule has 0 saturated heterocycles. The smallest absolute Gasteiger partial charge is 0.0645 e. The lowest BCUT2D eigenvalue weighted by molar-refractivity contribution is 0.672. The zero-order valence-electron chi connectivity index (χ0n) is 11.2. The van der Waals surface area contributed by atoms with Crippen LogP contribution in [0.15, 0.2) is 36.8 Å². The Bertz CT molecular complexity index is 488. The van der Waals surface area contributed by atoms with E-state index in [2.05, 4.69) is 53.2 Å². The van der Waals surface area contributed by atoms with Crippen LogP contribution < -0.4 is 5.32 Å². The SMILES string of the molecule is CCCNCc1ccn(Cc2ncccc2C)c1. The van der Waals surface area contributed by atoms with E-state index in [9.17, 15) is 0 Å². The van der Waals surface area contributed by atoms with E-state index in [0.717, 1.165) is 25.3 Å². The molecule has 0 spiro atoms. The van der Waals surface area contributed by atoms with Crippen molar-refractivity contribution < 1.29 is 0 Å². The number of hydrogen-bond donors (Lipinski definition) is 1. The van der Waals surface area contributed by atoms with Gasteiger partial charge in [0, 0.05) is 25.1 Å². The fraction of sp³-hybridized carbons (Fsp3) is 0.400. The second kappa shape index (κ2) is 6.36. The fourth-order valence-corrected chi connectivity index (χ4v) is 1.96. The second-order valence-corrected chi connectivity index (χ2v) is 4.64. The van der Waals surface area contributed by atoms with Crippen LogP contribution in [0.5, 0.6) is 0 Å². The molecule has 18 heavy (non-hydrogen) atoms. The third-order valence-corrected chi connectivity index (χ3v) is 3.02. The first-order valence-electron chi connectivity index (χ1n) is 6.55. The topological polar surface area (TPSA) is 29.9 Å². The Morgan fingerprint density at radius 2 is 2.22 bits per heavy atom. The van der Waals surface area contributed by atoms with Gasteiger partial charge in [-0.3, -0.25) is 4.98 Å². The van der Waals surface area contributed by atoms with Gasteiger partial charge in [-0.1, -0.05) is 13.0 Å². The number of nitrogens with one attached hydrogen (secondary N) is 1. The van der Waals surface area contributed by atoms with Gasteiger partial charge in [0.15, 0.2) is 0 Å². The van der Waals surface area contributed by atoms with Crippen LogP contribution in [0.3, 0.4) is 0 Å². The monoisotopic (exact) mass is 243 g/mol. The molecule has 2 rings (SSSR count). The van der Waals surface area contributed by atoms with Gasteiger partial charge in [-0.25, -0.2) is 0 Å². The molecule has 96 valence electrons. The molecule has 2 aromatic rings. The molecule has 0 aliphatic heterocycles. The van der Waals surface area contributed by atoms with Crippen LogP contribution in [-0.2, 0) is 13.1 Å². The van der Waals surface area contributed by atoms with Crippen molar-refractivity contribution in [3.05, 3.63) is 53.6 Å². The van der Waals surface area contributed by atoms with E-state index in [4.69, 9.17) is 0 Å². The predicted molar refractivity (Wildman–Crippen MR) is 74.5 cm³/mol. The van der Waals surface area contributed by atoms with Gasteiger partial charge in [0.05, 0.1) is 12.2 Å². The summed E-state index contributed by atoms with van der Waals surface area (Å²) < 4.78 is 2.19. The first kappa shape index (κ1) is 12.8. The Morgan fingerprint density at radius 1 is 1.33 bits per heavy atom. The summed E-state index contributed by atoms with van der Waals surface area (Å²) in [6.07, 6.45) is 7.34. The Labute approximate surface area is 109 Å². The summed E-state index contributed by atoms with van der Waals surface area (Å²) in [6.45, 7) is 7.16. The minimum atomic E-state index is 0.848. The molecule has 2 aromatic heterocycles. The minimum absolute atomic E-state index is 0.848. The van der Waals surface area contributed by atoms with Crippen LogP contribution in [0.1, 0.15) is 30.2 Å². The van der Waals surface area contributed by atoms with Gasteiger partial charge in [-0.05, 0) is 43.1 Å². The highest BCUT2D eigenvalue weighted by Crippen LogP contribution is 2.08. The maximum Gasteiger partial charge on any atom is 0.0645 e. The molecule has 0 atom stereocenters. The quantitative estimate of drug-likeness (QED) is 0.791. The van der Waals surface area contributed by atoms with E-state index in [0.29, 0.717) is 0 Å². The molecular formula is C15H21N3. The molecule has 0 bridgehead atoms. The fourth-order valence-electron chi connectivity index (χ4n) is 1.96. The second-order valence-electron chi connectivity index (χ2n) is 4.64. The third-order valence-electron chi connectivity index (χ3n) is 3.02. The molecule has 0 unspecified atom stereocenters. The maximum atomic E-state index is 4.42. The largest absolute Gasteiger partial charge is 0.348 e. The lowest BCUT2D eigenvalue weighted by atomic mass is 10.2. The van der Waals surface area contributed by atoms with Gasteiger partial charge in [-0.15, -0.1) is 0 Å². The molecule has 3 nitrogen and oxygen atoms in total. The Hall–Kier alpha value is -1.61.